The van der Waals surface area contributed by atoms with Gasteiger partial charge in [0.05, 0.1) is 19.8 Å². The zero-order valence-corrected chi connectivity index (χ0v) is 20.0. The highest BCUT2D eigenvalue weighted by Gasteiger charge is 2.27. The third-order valence-electron chi connectivity index (χ3n) is 5.08. The molecule has 0 saturated carbocycles. The van der Waals surface area contributed by atoms with E-state index in [0.29, 0.717) is 26.1 Å². The average Bonchev–Trinajstić information content (AvgIpc) is 3.08. The van der Waals surface area contributed by atoms with Crippen molar-refractivity contribution < 1.29 is 19.1 Å². The number of methoxy groups -OCH3 is 2. The van der Waals surface area contributed by atoms with Crippen LogP contribution in [0.3, 0.4) is 0 Å². The molecule has 3 rings (SSSR count). The first-order valence-electron chi connectivity index (χ1n) is 9.66. The molecule has 31 heavy (non-hydrogen) atoms. The largest absolute Gasteiger partial charge is 0.465 e. The van der Waals surface area contributed by atoms with Crippen LogP contribution in [0, 0.1) is 6.92 Å². The van der Waals surface area contributed by atoms with Crippen LogP contribution >= 0.6 is 35.2 Å². The molecule has 1 aromatic carbocycles. The number of hydrogen-bond donors (Lipinski definition) is 1. The van der Waals surface area contributed by atoms with E-state index in [2.05, 4.69) is 21.2 Å². The Labute approximate surface area is 195 Å². The number of esters is 2. The van der Waals surface area contributed by atoms with Crippen molar-refractivity contribution in [1.82, 2.24) is 9.80 Å². The molecule has 1 aliphatic rings. The fourth-order valence-corrected chi connectivity index (χ4v) is 5.09. The number of nitrogens with zero attached hydrogens (tertiary/aromatic N) is 2. The first-order valence-corrected chi connectivity index (χ1v) is 11.3. The Kier molecular flexibility index (Phi) is 7.88. The van der Waals surface area contributed by atoms with Gasteiger partial charge in [0.1, 0.15) is 9.88 Å². The van der Waals surface area contributed by atoms with Crippen molar-refractivity contribution in [3.8, 4) is 0 Å². The second-order valence-electron chi connectivity index (χ2n) is 7.07. The summed E-state index contributed by atoms with van der Waals surface area (Å²) in [5.41, 5.74) is 1.99. The Morgan fingerprint density at radius 2 is 1.84 bits per heavy atom. The third-order valence-corrected chi connectivity index (χ3v) is 6.86. The van der Waals surface area contributed by atoms with E-state index in [1.807, 2.05) is 18.2 Å². The average molecular weight is 482 g/mol. The van der Waals surface area contributed by atoms with E-state index in [1.165, 1.54) is 19.8 Å². The number of nitrogens with one attached hydrogen (secondary N) is 1. The molecule has 1 aromatic heterocycles. The van der Waals surface area contributed by atoms with Gasteiger partial charge in [0.15, 0.2) is 5.11 Å². The zero-order valence-electron chi connectivity index (χ0n) is 17.6. The van der Waals surface area contributed by atoms with Gasteiger partial charge >= 0.3 is 11.9 Å². The predicted octanol–water partition coefficient (Wildman–Crippen LogP) is 3.80. The Hall–Kier alpha value is -2.20. The van der Waals surface area contributed by atoms with Crippen LogP contribution in [0.2, 0.25) is 5.02 Å². The van der Waals surface area contributed by atoms with Gasteiger partial charge in [-0.1, -0.05) is 23.7 Å². The van der Waals surface area contributed by atoms with E-state index in [0.717, 1.165) is 49.1 Å². The molecule has 1 N–H and O–H groups in total. The molecule has 10 heteroatoms. The first-order chi connectivity index (χ1) is 14.8. The predicted molar refractivity (Wildman–Crippen MR) is 126 cm³/mol. The topological polar surface area (TPSA) is 71.1 Å². The van der Waals surface area contributed by atoms with Crippen LogP contribution in [-0.2, 0) is 16.0 Å². The van der Waals surface area contributed by atoms with E-state index >= 15 is 0 Å². The summed E-state index contributed by atoms with van der Waals surface area (Å²) in [6.07, 6.45) is 0. The number of piperazine rings is 1. The highest BCUT2D eigenvalue weighted by molar-refractivity contribution is 7.80. The normalized spacial score (nSPS) is 14.3. The van der Waals surface area contributed by atoms with Gasteiger partial charge in [0.25, 0.3) is 0 Å². The number of anilines is 1. The fourth-order valence-electron chi connectivity index (χ4n) is 3.42. The number of rotatable bonds is 5. The summed E-state index contributed by atoms with van der Waals surface area (Å²) in [4.78, 5) is 29.1. The molecule has 0 atom stereocenters. The summed E-state index contributed by atoms with van der Waals surface area (Å²) in [6.45, 7) is 5.69. The van der Waals surface area contributed by atoms with E-state index < -0.39 is 11.9 Å². The maximum Gasteiger partial charge on any atom is 0.348 e. The van der Waals surface area contributed by atoms with E-state index in [9.17, 15) is 9.59 Å². The van der Waals surface area contributed by atoms with Crippen LogP contribution in [0.15, 0.2) is 24.3 Å². The molecule has 7 nitrogen and oxygen atoms in total. The van der Waals surface area contributed by atoms with Crippen molar-refractivity contribution in [3.63, 3.8) is 0 Å². The second-order valence-corrected chi connectivity index (χ2v) is 8.91. The molecule has 166 valence electrons. The minimum Gasteiger partial charge on any atom is -0.465 e. The number of carbonyl (C=O) groups is 2. The van der Waals surface area contributed by atoms with Crippen LogP contribution in [0.1, 0.15) is 31.2 Å². The number of benzene rings is 1. The van der Waals surface area contributed by atoms with Gasteiger partial charge in [-0.25, -0.2) is 9.59 Å². The minimum atomic E-state index is -0.527. The highest BCUT2D eigenvalue weighted by atomic mass is 35.5. The monoisotopic (exact) mass is 481 g/mol. The van der Waals surface area contributed by atoms with Crippen LogP contribution in [0.4, 0.5) is 5.00 Å². The Bertz CT molecular complexity index is 987. The molecular formula is C21H24ClN3O4S2. The summed E-state index contributed by atoms with van der Waals surface area (Å²) >= 11 is 12.8. The van der Waals surface area contributed by atoms with Crippen molar-refractivity contribution >= 4 is 57.2 Å². The maximum atomic E-state index is 12.3. The van der Waals surface area contributed by atoms with Crippen LogP contribution in [0.5, 0.6) is 0 Å². The molecule has 2 heterocycles. The molecule has 0 amide bonds. The molecule has 0 radical (unpaired) electrons. The van der Waals surface area contributed by atoms with Crippen LogP contribution in [-0.4, -0.2) is 67.2 Å². The SMILES string of the molecule is COC(=O)c1sc(NC(=S)N2CCN(Cc3cccc(Cl)c3)CC2)c(C(=O)OC)c1C. The number of carbonyl (C=O) groups excluding carboxylic acids is 2. The maximum absolute atomic E-state index is 12.3. The molecule has 0 aliphatic carbocycles. The standard InChI is InChI=1S/C21H24ClN3O4S2/c1-13-16(19(26)28-2)18(31-17(13)20(27)29-3)23-21(30)25-9-7-24(8-10-25)12-14-5-4-6-15(22)11-14/h4-6,11H,7-10,12H2,1-3H3,(H,23,30). The Balaban J connectivity index is 1.65. The van der Waals surface area contributed by atoms with Gasteiger partial charge in [-0.15, -0.1) is 11.3 Å². The number of thiocarbonyl (C=S) groups is 1. The summed E-state index contributed by atoms with van der Waals surface area (Å²) in [7, 11) is 2.61. The lowest BCUT2D eigenvalue weighted by molar-refractivity contribution is 0.0601. The van der Waals surface area contributed by atoms with E-state index in [1.54, 1.807) is 6.92 Å². The van der Waals surface area contributed by atoms with Gasteiger partial charge < -0.3 is 19.7 Å². The molecule has 1 fully saturated rings. The Morgan fingerprint density at radius 1 is 1.16 bits per heavy atom. The number of thiophene rings is 1. The molecular weight excluding hydrogens is 458 g/mol. The number of halogens is 1. The lowest BCUT2D eigenvalue weighted by Gasteiger charge is -2.36. The van der Waals surface area contributed by atoms with E-state index in [4.69, 9.17) is 33.3 Å². The minimum absolute atomic E-state index is 0.301. The van der Waals surface area contributed by atoms with Crippen molar-refractivity contribution in [1.29, 1.82) is 0 Å². The third kappa shape index (κ3) is 5.54. The summed E-state index contributed by atoms with van der Waals surface area (Å²) in [6, 6.07) is 7.87. The zero-order chi connectivity index (χ0) is 22.5. The van der Waals surface area contributed by atoms with Gasteiger partial charge in [-0.2, -0.15) is 0 Å². The van der Waals surface area contributed by atoms with Gasteiger partial charge in [0.2, 0.25) is 0 Å². The second kappa shape index (κ2) is 10.4. The van der Waals surface area contributed by atoms with Crippen molar-refractivity contribution in [3.05, 3.63) is 50.9 Å². The molecule has 2 aromatic rings. The van der Waals surface area contributed by atoms with Gasteiger partial charge in [-0.3, -0.25) is 4.90 Å². The number of hydrogen-bond acceptors (Lipinski definition) is 7. The van der Waals surface area contributed by atoms with Gasteiger partial charge in [0, 0.05) is 37.7 Å². The van der Waals surface area contributed by atoms with Crippen molar-refractivity contribution in [2.75, 3.05) is 45.7 Å². The smallest absolute Gasteiger partial charge is 0.348 e. The van der Waals surface area contributed by atoms with Crippen molar-refractivity contribution in [2.24, 2.45) is 0 Å². The lowest BCUT2D eigenvalue weighted by atomic mass is 10.1. The summed E-state index contributed by atoms with van der Waals surface area (Å²) in [5, 5.41) is 4.86. The molecule has 1 aliphatic heterocycles. The molecule has 0 bridgehead atoms. The summed E-state index contributed by atoms with van der Waals surface area (Å²) in [5.74, 6) is -1.03. The molecule has 0 spiro atoms. The highest BCUT2D eigenvalue weighted by Crippen LogP contribution is 2.34. The van der Waals surface area contributed by atoms with Crippen LogP contribution in [0.25, 0.3) is 0 Å². The number of ether oxygens (including phenoxy) is 2. The fraction of sp³-hybridized carbons (Fsp3) is 0.381. The van der Waals surface area contributed by atoms with E-state index in [-0.39, 0.29) is 0 Å². The Morgan fingerprint density at radius 3 is 2.45 bits per heavy atom. The van der Waals surface area contributed by atoms with Crippen molar-refractivity contribution in [2.45, 2.75) is 13.5 Å². The molecule has 1 saturated heterocycles. The van der Waals surface area contributed by atoms with Gasteiger partial charge in [-0.05, 0) is 42.4 Å². The lowest BCUT2D eigenvalue weighted by Crippen LogP contribution is -2.49. The first kappa shape index (κ1) is 23.5. The quantitative estimate of drug-likeness (QED) is 0.511. The van der Waals surface area contributed by atoms with Crippen LogP contribution < -0.4 is 5.32 Å². The summed E-state index contributed by atoms with van der Waals surface area (Å²) < 4.78 is 9.72. The molecule has 0 unspecified atom stereocenters.